The molecular weight excluding hydrogens is 344 g/mol. The van der Waals surface area contributed by atoms with Crippen LogP contribution in [0.15, 0.2) is 54.6 Å². The fourth-order valence-electron chi connectivity index (χ4n) is 4.22. The minimum atomic E-state index is -1.47. The van der Waals surface area contributed by atoms with Gasteiger partial charge in [0.2, 0.25) is 0 Å². The molecule has 2 atom stereocenters. The zero-order valence-corrected chi connectivity index (χ0v) is 14.6. The molecule has 6 nitrogen and oxygen atoms in total. The number of carboxylic acids is 2. The van der Waals surface area contributed by atoms with Gasteiger partial charge < -0.3 is 30.1 Å². The van der Waals surface area contributed by atoms with Crippen LogP contribution in [0.5, 0.6) is 0 Å². The summed E-state index contributed by atoms with van der Waals surface area (Å²) in [5.74, 6) is -2.57. The highest BCUT2D eigenvalue weighted by atomic mass is 16.4. The second kappa shape index (κ2) is 6.55. The molecule has 3 aromatic rings. The van der Waals surface area contributed by atoms with E-state index < -0.39 is 17.5 Å². The van der Waals surface area contributed by atoms with Crippen LogP contribution in [0.1, 0.15) is 35.6 Å². The molecule has 2 heterocycles. The smallest absolute Gasteiger partial charge is 0.177 e. The largest absolute Gasteiger partial charge is 0.550 e. The number of aromatic nitrogens is 1. The van der Waals surface area contributed by atoms with Crippen LogP contribution in [0.2, 0.25) is 0 Å². The number of para-hydroxylation sites is 1. The Hall–Kier alpha value is -3.12. The van der Waals surface area contributed by atoms with Gasteiger partial charge in [-0.25, -0.2) is 0 Å². The number of fused-ring (bicyclic) bond motifs is 3. The lowest BCUT2D eigenvalue weighted by Crippen LogP contribution is -3.00. The molecule has 138 valence electrons. The van der Waals surface area contributed by atoms with Gasteiger partial charge in [-0.15, -0.1) is 0 Å². The molecule has 1 aromatic heterocycles. The van der Waals surface area contributed by atoms with Crippen molar-refractivity contribution in [2.24, 2.45) is 0 Å². The van der Waals surface area contributed by atoms with Crippen LogP contribution in [-0.4, -0.2) is 23.5 Å². The third kappa shape index (κ3) is 2.78. The predicted molar refractivity (Wildman–Crippen MR) is 94.3 cm³/mol. The van der Waals surface area contributed by atoms with Crippen LogP contribution < -0.4 is 15.5 Å². The van der Waals surface area contributed by atoms with Gasteiger partial charge >= 0.3 is 0 Å². The number of carbonyl (C=O) groups excluding carboxylic acids is 2. The monoisotopic (exact) mass is 363 g/mol. The topological polar surface area (TPSA) is 113 Å². The number of carbonyl (C=O) groups is 2. The van der Waals surface area contributed by atoms with E-state index in [2.05, 4.69) is 4.98 Å². The molecule has 27 heavy (non-hydrogen) atoms. The Morgan fingerprint density at radius 3 is 2.48 bits per heavy atom. The van der Waals surface area contributed by atoms with Gasteiger partial charge in [-0.3, -0.25) is 0 Å². The second-order valence-electron chi connectivity index (χ2n) is 6.99. The normalized spacial score (nSPS) is 21.7. The lowest BCUT2D eigenvalue weighted by Gasteiger charge is -2.39. The van der Waals surface area contributed by atoms with Crippen LogP contribution in [0, 0.1) is 0 Å². The van der Waals surface area contributed by atoms with Crippen molar-refractivity contribution in [1.29, 1.82) is 0 Å². The molecule has 0 radical (unpaired) electrons. The Bertz CT molecular complexity index is 1010. The summed E-state index contributed by atoms with van der Waals surface area (Å²) in [4.78, 5) is 26.5. The van der Waals surface area contributed by atoms with Crippen LogP contribution in [0.25, 0.3) is 10.9 Å². The van der Waals surface area contributed by atoms with E-state index in [1.54, 1.807) is 5.32 Å². The van der Waals surface area contributed by atoms with Gasteiger partial charge in [0.15, 0.2) is 5.54 Å². The highest BCUT2D eigenvalue weighted by Crippen LogP contribution is 2.40. The maximum absolute atomic E-state index is 12.2. The van der Waals surface area contributed by atoms with E-state index in [0.29, 0.717) is 12.2 Å². The molecule has 0 bridgehead atoms. The van der Waals surface area contributed by atoms with E-state index in [-0.39, 0.29) is 18.8 Å². The molecule has 1 aliphatic rings. The van der Waals surface area contributed by atoms with Gasteiger partial charge in [0.25, 0.3) is 0 Å². The molecular formula is C21H19N2O4-. The third-order valence-corrected chi connectivity index (χ3v) is 5.53. The first kappa shape index (κ1) is 17.3. The first-order valence-electron chi connectivity index (χ1n) is 8.94. The van der Waals surface area contributed by atoms with Crippen molar-refractivity contribution in [2.45, 2.75) is 24.3 Å². The molecule has 0 fully saturated rings. The molecule has 1 aliphatic heterocycles. The van der Waals surface area contributed by atoms with Gasteiger partial charge in [-0.2, -0.15) is 0 Å². The number of nitrogens with one attached hydrogen (secondary N) is 1. The first-order valence-corrected chi connectivity index (χ1v) is 8.94. The number of aliphatic carboxylic acids is 2. The van der Waals surface area contributed by atoms with Gasteiger partial charge in [0.05, 0.1) is 18.2 Å². The summed E-state index contributed by atoms with van der Waals surface area (Å²) in [5.41, 5.74) is 1.87. The average Bonchev–Trinajstić information content (AvgIpc) is 3.07. The molecule has 3 N–H and O–H groups in total. The standard InChI is InChI=1S/C21H20N2O4/c24-17(25)10-11-21(20(26)27)19-18(14-8-4-5-9-16(14)23-19)15(12-22-21)13-6-2-1-3-7-13/h1-9,15,22-23H,10-12H2,(H,24,25)(H,26,27)/p-1/t15-,21+/m1/s1. The van der Waals surface area contributed by atoms with E-state index in [1.807, 2.05) is 54.6 Å². The van der Waals surface area contributed by atoms with Crippen LogP contribution in [-0.2, 0) is 15.1 Å². The van der Waals surface area contributed by atoms with Crippen molar-refractivity contribution >= 4 is 22.8 Å². The summed E-state index contributed by atoms with van der Waals surface area (Å²) >= 11 is 0. The van der Waals surface area contributed by atoms with E-state index in [1.165, 1.54) is 0 Å². The molecule has 0 unspecified atom stereocenters. The van der Waals surface area contributed by atoms with Crippen molar-refractivity contribution < 1.29 is 25.1 Å². The van der Waals surface area contributed by atoms with Crippen LogP contribution in [0.3, 0.4) is 0 Å². The van der Waals surface area contributed by atoms with E-state index >= 15 is 0 Å². The van der Waals surface area contributed by atoms with Gasteiger partial charge in [0, 0.05) is 28.9 Å². The number of hydrogen-bond acceptors (Lipinski definition) is 4. The van der Waals surface area contributed by atoms with Crippen molar-refractivity contribution in [3.8, 4) is 0 Å². The van der Waals surface area contributed by atoms with Crippen molar-refractivity contribution in [1.82, 2.24) is 4.98 Å². The summed E-state index contributed by atoms with van der Waals surface area (Å²) in [6, 6.07) is 17.6. The summed E-state index contributed by atoms with van der Waals surface area (Å²) in [5, 5.41) is 25.9. The molecule has 2 aromatic carbocycles. The summed E-state index contributed by atoms with van der Waals surface area (Å²) in [6.07, 6.45) is -0.450. The number of aromatic amines is 1. The average molecular weight is 363 g/mol. The Kier molecular flexibility index (Phi) is 4.20. The highest BCUT2D eigenvalue weighted by molar-refractivity contribution is 5.90. The molecule has 0 amide bonds. The number of rotatable bonds is 5. The molecule has 0 saturated carbocycles. The number of quaternary nitrogens is 1. The van der Waals surface area contributed by atoms with Gasteiger partial charge in [-0.1, -0.05) is 48.5 Å². The SMILES string of the molecule is O=C([O-])CC[C@]1(C(=O)[O-])[NH2+]C[C@H](c2ccccc2)c2c1[nH]c1ccccc21. The number of H-pyrrole nitrogens is 1. The maximum Gasteiger partial charge on any atom is 0.177 e. The van der Waals surface area contributed by atoms with Gasteiger partial charge in [-0.05, 0) is 18.1 Å². The highest BCUT2D eigenvalue weighted by Gasteiger charge is 2.47. The third-order valence-electron chi connectivity index (χ3n) is 5.53. The molecule has 6 heteroatoms. The quantitative estimate of drug-likeness (QED) is 0.627. The number of benzene rings is 2. The fraction of sp³-hybridized carbons (Fsp3) is 0.238. The molecule has 4 rings (SSSR count). The lowest BCUT2D eigenvalue weighted by molar-refractivity contribution is -0.734. The molecule has 0 aliphatic carbocycles. The van der Waals surface area contributed by atoms with Crippen molar-refractivity contribution in [2.75, 3.05) is 6.54 Å². The number of carboxylic acid groups (broad SMARTS) is 2. The van der Waals surface area contributed by atoms with Crippen molar-refractivity contribution in [3.05, 3.63) is 71.4 Å². The van der Waals surface area contributed by atoms with Crippen LogP contribution >= 0.6 is 0 Å². The number of nitrogens with two attached hydrogens (primary N) is 1. The van der Waals surface area contributed by atoms with E-state index in [4.69, 9.17) is 0 Å². The van der Waals surface area contributed by atoms with Crippen molar-refractivity contribution in [3.63, 3.8) is 0 Å². The van der Waals surface area contributed by atoms with Gasteiger partial charge in [0.1, 0.15) is 5.97 Å². The zero-order valence-electron chi connectivity index (χ0n) is 14.6. The van der Waals surface area contributed by atoms with E-state index in [0.717, 1.165) is 22.0 Å². The number of hydrogen-bond donors (Lipinski definition) is 2. The molecule has 0 saturated heterocycles. The Morgan fingerprint density at radius 2 is 1.78 bits per heavy atom. The minimum absolute atomic E-state index is 0.00669. The van der Waals surface area contributed by atoms with Crippen LogP contribution in [0.4, 0.5) is 0 Å². The second-order valence-corrected chi connectivity index (χ2v) is 6.99. The Labute approximate surface area is 155 Å². The molecule has 0 spiro atoms. The zero-order chi connectivity index (χ0) is 19.0. The maximum atomic E-state index is 12.2. The predicted octanol–water partition coefficient (Wildman–Crippen LogP) is -0.648. The minimum Gasteiger partial charge on any atom is -0.550 e. The lowest BCUT2D eigenvalue weighted by atomic mass is 9.77. The summed E-state index contributed by atoms with van der Waals surface area (Å²) in [6.45, 7) is 0.486. The Balaban J connectivity index is 1.94. The summed E-state index contributed by atoms with van der Waals surface area (Å²) in [7, 11) is 0. The van der Waals surface area contributed by atoms with E-state index in [9.17, 15) is 19.8 Å². The fourth-order valence-corrected chi connectivity index (χ4v) is 4.22. The summed E-state index contributed by atoms with van der Waals surface area (Å²) < 4.78 is 0. The Morgan fingerprint density at radius 1 is 1.07 bits per heavy atom. The first-order chi connectivity index (χ1) is 13.0.